The Balaban J connectivity index is 0.821. The smallest absolute Gasteiger partial charge is 0.262 e. The van der Waals surface area contributed by atoms with E-state index < -0.39 is 23.8 Å². The molecule has 1 unspecified atom stereocenters. The largest absolute Gasteiger partial charge is 0.371 e. The molecule has 14 nitrogen and oxygen atoms in total. The van der Waals surface area contributed by atoms with Gasteiger partial charge < -0.3 is 15.5 Å². The number of anilines is 5. The molecule has 0 spiro atoms. The molecule has 14 heteroatoms. The highest BCUT2D eigenvalue weighted by Crippen LogP contribution is 2.34. The summed E-state index contributed by atoms with van der Waals surface area (Å²) in [7, 11) is 1.89. The van der Waals surface area contributed by atoms with Crippen molar-refractivity contribution in [3.05, 3.63) is 94.2 Å². The number of carbonyl (C=O) groups is 4. The molecule has 0 saturated carbocycles. The van der Waals surface area contributed by atoms with Crippen LogP contribution in [0, 0.1) is 19.8 Å². The molecule has 5 aromatic rings. The van der Waals surface area contributed by atoms with Gasteiger partial charge in [0.2, 0.25) is 17.8 Å². The number of nitrogens with zero attached hydrogens (tertiary/aromatic N) is 7. The van der Waals surface area contributed by atoms with E-state index in [0.717, 1.165) is 89.1 Å². The highest BCUT2D eigenvalue weighted by atomic mass is 16.2. The number of hydrogen-bond acceptors (Lipinski definition) is 11. The number of para-hydroxylation sites is 1. The number of piperidine rings is 1. The van der Waals surface area contributed by atoms with Crippen LogP contribution in [0.1, 0.15) is 55.8 Å². The first-order chi connectivity index (χ1) is 26.1. The molecule has 0 aliphatic carbocycles. The van der Waals surface area contributed by atoms with E-state index in [2.05, 4.69) is 74.9 Å². The van der Waals surface area contributed by atoms with Gasteiger partial charge in [-0.05, 0) is 79.3 Å². The van der Waals surface area contributed by atoms with Gasteiger partial charge in [0.15, 0.2) is 11.5 Å². The average Bonchev–Trinajstić information content (AvgIpc) is 3.58. The van der Waals surface area contributed by atoms with Crippen molar-refractivity contribution in [3.63, 3.8) is 0 Å². The van der Waals surface area contributed by atoms with Crippen LogP contribution >= 0.6 is 0 Å². The van der Waals surface area contributed by atoms with Gasteiger partial charge >= 0.3 is 0 Å². The summed E-state index contributed by atoms with van der Waals surface area (Å²) in [6, 6.07) is 17.0. The number of aromatic nitrogens is 4. The lowest BCUT2D eigenvalue weighted by molar-refractivity contribution is -0.136. The van der Waals surface area contributed by atoms with Gasteiger partial charge in [0.05, 0.1) is 16.5 Å². The van der Waals surface area contributed by atoms with Crippen LogP contribution < -0.4 is 20.9 Å². The number of nitrogens with one attached hydrogen (secondary N) is 3. The van der Waals surface area contributed by atoms with Crippen LogP contribution in [-0.2, 0) is 29.6 Å². The maximum Gasteiger partial charge on any atom is 0.262 e. The second-order valence-electron chi connectivity index (χ2n) is 14.8. The second kappa shape index (κ2) is 13.1. The normalized spacial score (nSPS) is 18.8. The number of imide groups is 2. The van der Waals surface area contributed by atoms with Crippen molar-refractivity contribution in [1.82, 2.24) is 34.9 Å². The number of hydrogen-bond donors (Lipinski definition) is 3. The molecule has 0 bridgehead atoms. The molecule has 2 saturated heterocycles. The Morgan fingerprint density at radius 3 is 2.48 bits per heavy atom. The second-order valence-corrected chi connectivity index (χ2v) is 14.8. The molecule has 54 heavy (non-hydrogen) atoms. The molecule has 2 fully saturated rings. The molecule has 3 aromatic carbocycles. The maximum absolute atomic E-state index is 13.3. The SMILES string of the molecule is Cc1cccc(C)c1Nc1nn(C)c2nc(Nc3ccc4c(c3)CN(CC3CN(c5ccc6c(c5)C(=O)N(C5CCC(=O)NC5=O)C6=O)C3)CC4)ncc12. The van der Waals surface area contributed by atoms with Crippen LogP contribution in [0.3, 0.4) is 0 Å². The monoisotopic (exact) mass is 724 g/mol. The molecule has 9 rings (SSSR count). The molecule has 1 atom stereocenters. The van der Waals surface area contributed by atoms with E-state index in [-0.39, 0.29) is 18.7 Å². The fraction of sp³-hybridized carbons (Fsp3) is 0.325. The van der Waals surface area contributed by atoms with Gasteiger partial charge in [-0.2, -0.15) is 10.1 Å². The fourth-order valence-electron chi connectivity index (χ4n) is 8.22. The van der Waals surface area contributed by atoms with Gasteiger partial charge in [-0.1, -0.05) is 24.3 Å². The van der Waals surface area contributed by atoms with E-state index >= 15 is 0 Å². The number of rotatable bonds is 8. The molecule has 2 aromatic heterocycles. The third-order valence-corrected chi connectivity index (χ3v) is 11.1. The lowest BCUT2D eigenvalue weighted by Gasteiger charge is -2.44. The molecular weight excluding hydrogens is 685 g/mol. The summed E-state index contributed by atoms with van der Waals surface area (Å²) in [5, 5.41) is 14.7. The summed E-state index contributed by atoms with van der Waals surface area (Å²) in [6.45, 7) is 8.64. The molecule has 274 valence electrons. The Labute approximate surface area is 311 Å². The van der Waals surface area contributed by atoms with Crippen molar-refractivity contribution in [3.8, 4) is 0 Å². The first kappa shape index (κ1) is 33.7. The van der Waals surface area contributed by atoms with Gasteiger partial charge in [0.1, 0.15) is 6.04 Å². The number of fused-ring (bicyclic) bond motifs is 3. The van der Waals surface area contributed by atoms with E-state index in [9.17, 15) is 19.2 Å². The van der Waals surface area contributed by atoms with Crippen LogP contribution in [0.4, 0.5) is 28.8 Å². The molecule has 6 heterocycles. The zero-order chi connectivity index (χ0) is 37.2. The Bertz CT molecular complexity index is 2380. The zero-order valence-corrected chi connectivity index (χ0v) is 30.3. The van der Waals surface area contributed by atoms with Gasteiger partial charge in [-0.25, -0.2) is 9.67 Å². The number of benzene rings is 3. The van der Waals surface area contributed by atoms with Gasteiger partial charge in [0.25, 0.3) is 11.8 Å². The average molecular weight is 725 g/mol. The lowest BCUT2D eigenvalue weighted by atomic mass is 9.94. The summed E-state index contributed by atoms with van der Waals surface area (Å²) in [5.74, 6) is -0.272. The van der Waals surface area contributed by atoms with Crippen molar-refractivity contribution in [2.75, 3.05) is 41.7 Å². The van der Waals surface area contributed by atoms with Gasteiger partial charge in [-0.3, -0.25) is 34.3 Å². The topological polar surface area (TPSA) is 158 Å². The standard InChI is InChI=1S/C40H40N10O4/c1-22-5-4-6-23(2)34(22)44-35-31-17-41-40(45-36(31)47(3)46-35)42-27-8-7-25-13-14-48(21-26(25)15-27)18-24-19-49(20-24)28-9-10-29-30(16-28)39(54)50(38(29)53)32-11-12-33(51)43-37(32)52/h4-10,15-17,24,32H,11-14,18-21H2,1-3H3,(H,44,46)(H,41,42,45)(H,43,51,52). The van der Waals surface area contributed by atoms with E-state index in [4.69, 9.17) is 10.1 Å². The molecule has 4 aliphatic heterocycles. The minimum absolute atomic E-state index is 0.0951. The van der Waals surface area contributed by atoms with Crippen LogP contribution in [0.2, 0.25) is 0 Å². The summed E-state index contributed by atoms with van der Waals surface area (Å²) >= 11 is 0. The predicted octanol–water partition coefficient (Wildman–Crippen LogP) is 4.36. The maximum atomic E-state index is 13.3. The van der Waals surface area contributed by atoms with Crippen molar-refractivity contribution >= 4 is 63.5 Å². The molecular formula is C40H40N10O4. The van der Waals surface area contributed by atoms with Crippen molar-refractivity contribution in [2.45, 2.75) is 45.7 Å². The van der Waals surface area contributed by atoms with Crippen molar-refractivity contribution < 1.29 is 19.2 Å². The number of amides is 4. The highest BCUT2D eigenvalue weighted by Gasteiger charge is 2.45. The Morgan fingerprint density at radius 2 is 1.69 bits per heavy atom. The summed E-state index contributed by atoms with van der Waals surface area (Å²) in [4.78, 5) is 65.6. The van der Waals surface area contributed by atoms with Crippen molar-refractivity contribution in [2.24, 2.45) is 13.0 Å². The number of aryl methyl sites for hydroxylation is 3. The van der Waals surface area contributed by atoms with Crippen LogP contribution in [0.15, 0.2) is 60.8 Å². The minimum atomic E-state index is -0.969. The van der Waals surface area contributed by atoms with Crippen LogP contribution in [0.5, 0.6) is 0 Å². The molecule has 3 N–H and O–H groups in total. The predicted molar refractivity (Wildman–Crippen MR) is 203 cm³/mol. The van der Waals surface area contributed by atoms with E-state index in [1.807, 2.05) is 25.4 Å². The molecule has 0 radical (unpaired) electrons. The highest BCUT2D eigenvalue weighted by molar-refractivity contribution is 6.23. The van der Waals surface area contributed by atoms with E-state index in [1.54, 1.807) is 16.8 Å². The first-order valence-electron chi connectivity index (χ1n) is 18.3. The fourth-order valence-corrected chi connectivity index (χ4v) is 8.22. The Kier molecular flexibility index (Phi) is 8.14. The lowest BCUT2D eigenvalue weighted by Crippen LogP contribution is -2.54. The molecule has 4 aliphatic rings. The molecule has 4 amide bonds. The van der Waals surface area contributed by atoms with Gasteiger partial charge in [-0.15, -0.1) is 0 Å². The van der Waals surface area contributed by atoms with E-state index in [1.165, 1.54) is 11.1 Å². The van der Waals surface area contributed by atoms with Crippen molar-refractivity contribution in [1.29, 1.82) is 0 Å². The third kappa shape index (κ3) is 5.92. The first-order valence-corrected chi connectivity index (χ1v) is 18.3. The van der Waals surface area contributed by atoms with Gasteiger partial charge in [0, 0.05) is 75.4 Å². The summed E-state index contributed by atoms with van der Waals surface area (Å²) in [6.07, 6.45) is 3.02. The Morgan fingerprint density at radius 1 is 0.889 bits per heavy atom. The van der Waals surface area contributed by atoms with Crippen LogP contribution in [0.25, 0.3) is 11.0 Å². The third-order valence-electron chi connectivity index (χ3n) is 11.1. The summed E-state index contributed by atoms with van der Waals surface area (Å²) < 4.78 is 1.77. The minimum Gasteiger partial charge on any atom is -0.371 e. The van der Waals surface area contributed by atoms with E-state index in [0.29, 0.717) is 23.0 Å². The number of carbonyl (C=O) groups excluding carboxylic acids is 4. The Hall–Kier alpha value is -6.15. The quantitative estimate of drug-likeness (QED) is 0.195. The van der Waals surface area contributed by atoms with Crippen LogP contribution in [-0.4, -0.2) is 85.4 Å². The summed E-state index contributed by atoms with van der Waals surface area (Å²) in [5.41, 5.74) is 9.11. The zero-order valence-electron chi connectivity index (χ0n) is 30.3.